The van der Waals surface area contributed by atoms with Crippen LogP contribution in [0.2, 0.25) is 0 Å². The number of fused-ring (bicyclic) bond motifs is 1. The predicted octanol–water partition coefficient (Wildman–Crippen LogP) is 4.21. The molecule has 1 aliphatic carbocycles. The van der Waals surface area contributed by atoms with Crippen LogP contribution in [0.15, 0.2) is 30.3 Å². The minimum atomic E-state index is -0.349. The second-order valence-electron chi connectivity index (χ2n) is 5.51. The third kappa shape index (κ3) is 2.90. The van der Waals surface area contributed by atoms with Gasteiger partial charge in [-0.3, -0.25) is 0 Å². The summed E-state index contributed by atoms with van der Waals surface area (Å²) in [5, 5.41) is 10.4. The molecule has 1 aliphatic rings. The van der Waals surface area contributed by atoms with Gasteiger partial charge in [-0.15, -0.1) is 11.3 Å². The number of rotatable bonds is 3. The minimum absolute atomic E-state index is 0.349. The number of aryl methyl sites for hydroxylation is 3. The van der Waals surface area contributed by atoms with Crippen molar-refractivity contribution in [2.45, 2.75) is 45.1 Å². The Morgan fingerprint density at radius 3 is 2.63 bits per heavy atom. The molecule has 19 heavy (non-hydrogen) atoms. The van der Waals surface area contributed by atoms with E-state index in [2.05, 4.69) is 37.3 Å². The second-order valence-corrected chi connectivity index (χ2v) is 6.68. The molecule has 0 aliphatic heterocycles. The molecule has 3 rings (SSSR count). The Hall–Kier alpha value is -1.12. The molecule has 0 amide bonds. The predicted molar refractivity (Wildman–Crippen MR) is 80.8 cm³/mol. The lowest BCUT2D eigenvalue weighted by molar-refractivity contribution is 0.182. The average molecular weight is 272 g/mol. The molecule has 2 heteroatoms. The highest BCUT2D eigenvalue weighted by atomic mass is 32.1. The van der Waals surface area contributed by atoms with Crippen molar-refractivity contribution in [1.82, 2.24) is 0 Å². The van der Waals surface area contributed by atoms with Gasteiger partial charge >= 0.3 is 0 Å². The number of hydrogen-bond acceptors (Lipinski definition) is 2. The van der Waals surface area contributed by atoms with Crippen LogP contribution in [0, 0.1) is 6.92 Å². The topological polar surface area (TPSA) is 20.2 Å². The molecular weight excluding hydrogens is 252 g/mol. The third-order valence-corrected chi connectivity index (χ3v) is 5.23. The zero-order valence-electron chi connectivity index (χ0n) is 11.4. The maximum atomic E-state index is 10.4. The van der Waals surface area contributed by atoms with Gasteiger partial charge < -0.3 is 5.11 Å². The average Bonchev–Trinajstić information content (AvgIpc) is 2.85. The molecule has 1 atom stereocenters. The van der Waals surface area contributed by atoms with Gasteiger partial charge in [-0.2, -0.15) is 0 Å². The lowest BCUT2D eigenvalue weighted by Gasteiger charge is -2.08. The highest BCUT2D eigenvalue weighted by Crippen LogP contribution is 2.33. The zero-order chi connectivity index (χ0) is 13.2. The summed E-state index contributed by atoms with van der Waals surface area (Å²) in [6, 6.07) is 10.7. The summed E-state index contributed by atoms with van der Waals surface area (Å²) >= 11 is 1.82. The number of hydrogen-bond donors (Lipinski definition) is 1. The third-order valence-electron chi connectivity index (χ3n) is 3.89. The first-order chi connectivity index (χ1) is 9.22. The van der Waals surface area contributed by atoms with E-state index in [9.17, 15) is 5.11 Å². The van der Waals surface area contributed by atoms with Crippen molar-refractivity contribution in [3.05, 3.63) is 56.8 Å². The number of thiophene rings is 1. The number of benzene rings is 1. The van der Waals surface area contributed by atoms with Crippen molar-refractivity contribution >= 4 is 11.3 Å². The molecule has 1 aromatic heterocycles. The van der Waals surface area contributed by atoms with E-state index in [1.54, 1.807) is 0 Å². The van der Waals surface area contributed by atoms with Crippen molar-refractivity contribution < 1.29 is 5.11 Å². The molecule has 0 saturated carbocycles. The molecule has 0 spiro atoms. The molecule has 0 radical (unpaired) electrons. The van der Waals surface area contributed by atoms with E-state index in [0.717, 1.165) is 11.3 Å². The monoisotopic (exact) mass is 272 g/mol. The first-order valence-electron chi connectivity index (χ1n) is 7.07. The highest BCUT2D eigenvalue weighted by molar-refractivity contribution is 7.12. The van der Waals surface area contributed by atoms with Gasteiger partial charge in [0.05, 0.1) is 6.10 Å². The number of aliphatic hydroxyl groups excluding tert-OH is 1. The standard InChI is InChI=1S/C17H20OS/c1-12-6-8-13(9-7-12)10-15(18)17-11-14-4-2-3-5-16(14)19-17/h6-9,11,15,18H,2-5,10H2,1H3. The SMILES string of the molecule is Cc1ccc(CC(O)c2cc3c(s2)CCCC3)cc1. The Balaban J connectivity index is 1.74. The van der Waals surface area contributed by atoms with E-state index in [4.69, 9.17) is 0 Å². The summed E-state index contributed by atoms with van der Waals surface area (Å²) in [6.45, 7) is 2.09. The summed E-state index contributed by atoms with van der Waals surface area (Å²) < 4.78 is 0. The van der Waals surface area contributed by atoms with Crippen LogP contribution < -0.4 is 0 Å². The van der Waals surface area contributed by atoms with Gasteiger partial charge in [-0.05, 0) is 49.8 Å². The van der Waals surface area contributed by atoms with Crippen LogP contribution >= 0.6 is 11.3 Å². The lowest BCUT2D eigenvalue weighted by Crippen LogP contribution is -1.99. The molecule has 1 nitrogen and oxygen atoms in total. The fourth-order valence-corrected chi connectivity index (χ4v) is 3.97. The molecule has 1 aromatic carbocycles. The van der Waals surface area contributed by atoms with Crippen molar-refractivity contribution in [3.8, 4) is 0 Å². The van der Waals surface area contributed by atoms with Gasteiger partial charge in [-0.1, -0.05) is 29.8 Å². The molecule has 1 unspecified atom stereocenters. The van der Waals surface area contributed by atoms with Crippen LogP contribution in [0.4, 0.5) is 0 Å². The van der Waals surface area contributed by atoms with E-state index in [1.807, 2.05) is 11.3 Å². The van der Waals surface area contributed by atoms with Crippen LogP contribution in [0.5, 0.6) is 0 Å². The zero-order valence-corrected chi connectivity index (χ0v) is 12.2. The highest BCUT2D eigenvalue weighted by Gasteiger charge is 2.17. The normalized spacial score (nSPS) is 16.1. The van der Waals surface area contributed by atoms with E-state index in [-0.39, 0.29) is 6.10 Å². The smallest absolute Gasteiger partial charge is 0.0922 e. The van der Waals surface area contributed by atoms with Gasteiger partial charge in [0.25, 0.3) is 0 Å². The Morgan fingerprint density at radius 1 is 1.16 bits per heavy atom. The van der Waals surface area contributed by atoms with Crippen LogP contribution in [-0.2, 0) is 19.3 Å². The lowest BCUT2D eigenvalue weighted by atomic mass is 9.98. The summed E-state index contributed by atoms with van der Waals surface area (Å²) in [5.74, 6) is 0. The largest absolute Gasteiger partial charge is 0.387 e. The number of aliphatic hydroxyl groups is 1. The fourth-order valence-electron chi connectivity index (χ4n) is 2.73. The van der Waals surface area contributed by atoms with Gasteiger partial charge in [0.2, 0.25) is 0 Å². The second kappa shape index (κ2) is 5.48. The molecule has 0 fully saturated rings. The maximum Gasteiger partial charge on any atom is 0.0922 e. The van der Waals surface area contributed by atoms with Gasteiger partial charge in [0, 0.05) is 16.2 Å². The van der Waals surface area contributed by atoms with Crippen LogP contribution in [0.3, 0.4) is 0 Å². The Bertz CT molecular complexity index is 530. The molecule has 1 N–H and O–H groups in total. The summed E-state index contributed by atoms with van der Waals surface area (Å²) in [7, 11) is 0. The molecular formula is C17H20OS. The first-order valence-corrected chi connectivity index (χ1v) is 7.89. The molecule has 2 aromatic rings. The van der Waals surface area contributed by atoms with Crippen molar-refractivity contribution in [3.63, 3.8) is 0 Å². The quantitative estimate of drug-likeness (QED) is 0.887. The van der Waals surface area contributed by atoms with Gasteiger partial charge in [-0.25, -0.2) is 0 Å². The van der Waals surface area contributed by atoms with Crippen LogP contribution in [0.25, 0.3) is 0 Å². The van der Waals surface area contributed by atoms with Gasteiger partial charge in [0.15, 0.2) is 0 Å². The van der Waals surface area contributed by atoms with Crippen molar-refractivity contribution in [1.29, 1.82) is 0 Å². The van der Waals surface area contributed by atoms with E-state index in [0.29, 0.717) is 0 Å². The van der Waals surface area contributed by atoms with E-state index >= 15 is 0 Å². The fraction of sp³-hybridized carbons (Fsp3) is 0.412. The summed E-state index contributed by atoms with van der Waals surface area (Å²) in [4.78, 5) is 2.65. The molecule has 100 valence electrons. The van der Waals surface area contributed by atoms with Gasteiger partial charge in [0.1, 0.15) is 0 Å². The van der Waals surface area contributed by atoms with E-state index in [1.165, 1.54) is 47.3 Å². The Labute approximate surface area is 118 Å². The Kier molecular flexibility index (Phi) is 3.72. The van der Waals surface area contributed by atoms with Crippen molar-refractivity contribution in [2.75, 3.05) is 0 Å². The molecule has 0 saturated heterocycles. The first kappa shape index (κ1) is 12.9. The van der Waals surface area contributed by atoms with Crippen LogP contribution in [0.1, 0.15) is 45.4 Å². The minimum Gasteiger partial charge on any atom is -0.387 e. The molecule has 1 heterocycles. The maximum absolute atomic E-state index is 10.4. The van der Waals surface area contributed by atoms with Crippen LogP contribution in [-0.4, -0.2) is 5.11 Å². The van der Waals surface area contributed by atoms with Crippen molar-refractivity contribution in [2.24, 2.45) is 0 Å². The van der Waals surface area contributed by atoms with E-state index < -0.39 is 0 Å². The summed E-state index contributed by atoms with van der Waals surface area (Å²) in [6.07, 6.45) is 5.39. The Morgan fingerprint density at radius 2 is 1.89 bits per heavy atom. The molecule has 0 bridgehead atoms. The summed E-state index contributed by atoms with van der Waals surface area (Å²) in [5.41, 5.74) is 3.96.